The lowest BCUT2D eigenvalue weighted by atomic mass is 13.9. The first-order valence-electron chi connectivity index (χ1n) is 1.42. The van der Waals surface area contributed by atoms with E-state index in [2.05, 4.69) is 15.8 Å². The normalized spacial score (nSPS) is 11.6. The van der Waals surface area contributed by atoms with Gasteiger partial charge in [0.25, 0.3) is 0 Å². The molecule has 0 aliphatic carbocycles. The molecule has 0 atom stereocenters. The highest BCUT2D eigenvalue weighted by Gasteiger charge is 1.86. The van der Waals surface area contributed by atoms with Crippen LogP contribution in [0.25, 0.3) is 0 Å². The Bertz CT molecular complexity index is 212. The zero-order chi connectivity index (χ0) is 9.00. The average molecular weight is 214 g/mol. The highest BCUT2D eigenvalue weighted by Crippen LogP contribution is 1.82. The van der Waals surface area contributed by atoms with Crippen LogP contribution in [0.2, 0.25) is 0 Å². The van der Waals surface area contributed by atoms with Crippen molar-refractivity contribution in [2.75, 3.05) is 0 Å². The molecule has 0 saturated heterocycles. The third kappa shape index (κ3) is 82300. The minimum Gasteiger partial charge on any atom is -0.274 e. The third-order valence-corrected chi connectivity index (χ3v) is 0. The van der Waals surface area contributed by atoms with Crippen molar-refractivity contribution in [2.24, 2.45) is 5.14 Å². The smallest absolute Gasteiger partial charge is 0.274 e. The molecule has 0 aromatic rings. The summed E-state index contributed by atoms with van der Waals surface area (Å²) in [6.45, 7) is 0. The molecular weight excluding hydrogens is 210 g/mol. The largest absolute Gasteiger partial charge is 0.353 e. The molecule has 64 valence electrons. The summed E-state index contributed by atoms with van der Waals surface area (Å²) < 4.78 is 50.4. The van der Waals surface area contributed by atoms with Crippen LogP contribution in [0.1, 0.15) is 0 Å². The van der Waals surface area contributed by atoms with Crippen molar-refractivity contribution in [1.29, 1.82) is 0 Å². The Kier molecular flexibility index (Phi) is 5.16. The van der Waals surface area contributed by atoms with Gasteiger partial charge in [-0.05, 0) is 0 Å². The van der Waals surface area contributed by atoms with Gasteiger partial charge >= 0.3 is 19.6 Å². The van der Waals surface area contributed by atoms with Gasteiger partial charge < -0.3 is 0 Å². The molecule has 0 saturated carbocycles. The van der Waals surface area contributed by atoms with Crippen LogP contribution >= 0.6 is 10.7 Å². The number of hydrogen-bond acceptors (Lipinski definition) is 4. The quantitative estimate of drug-likeness (QED) is 0.341. The Hall–Kier alpha value is 0.0700. The van der Waals surface area contributed by atoms with Crippen molar-refractivity contribution in [3.8, 4) is 0 Å². The van der Waals surface area contributed by atoms with E-state index in [-0.39, 0.29) is 0 Å². The SMILES string of the molecule is NS(=O)(=O)O.O=S(=O)(O)Cl. The van der Waals surface area contributed by atoms with Gasteiger partial charge in [-0.1, -0.05) is 0 Å². The second kappa shape index (κ2) is 4.05. The van der Waals surface area contributed by atoms with Crippen LogP contribution in [0, 0.1) is 0 Å². The van der Waals surface area contributed by atoms with Gasteiger partial charge in [0, 0.05) is 10.7 Å². The van der Waals surface area contributed by atoms with E-state index in [0.717, 1.165) is 0 Å². The maximum atomic E-state index is 8.97. The number of halogens is 1. The maximum Gasteiger partial charge on any atom is 0.353 e. The zero-order valence-corrected chi connectivity index (χ0v) is 6.69. The molecule has 0 aromatic heterocycles. The van der Waals surface area contributed by atoms with E-state index in [1.165, 1.54) is 0 Å². The maximum absolute atomic E-state index is 8.97. The first-order valence-corrected chi connectivity index (χ1v) is 5.19. The lowest BCUT2D eigenvalue weighted by Crippen LogP contribution is -2.08. The number of nitrogens with two attached hydrogens (primary N) is 1. The molecule has 0 heterocycles. The van der Waals surface area contributed by atoms with E-state index < -0.39 is 19.6 Å². The predicted molar refractivity (Wildman–Crippen MR) is 33.1 cm³/mol. The lowest BCUT2D eigenvalue weighted by molar-refractivity contribution is 0.484. The van der Waals surface area contributed by atoms with Gasteiger partial charge in [-0.2, -0.15) is 16.8 Å². The van der Waals surface area contributed by atoms with E-state index >= 15 is 0 Å². The van der Waals surface area contributed by atoms with Crippen molar-refractivity contribution in [3.63, 3.8) is 0 Å². The summed E-state index contributed by atoms with van der Waals surface area (Å²) >= 11 is 0. The Labute approximate surface area is 61.9 Å². The molecule has 0 aliphatic heterocycles. The van der Waals surface area contributed by atoms with Gasteiger partial charge in [-0.3, -0.25) is 9.11 Å². The van der Waals surface area contributed by atoms with E-state index in [0.29, 0.717) is 0 Å². The van der Waals surface area contributed by atoms with Crippen LogP contribution in [-0.2, 0) is 19.6 Å². The summed E-state index contributed by atoms with van der Waals surface area (Å²) in [7, 11) is -4.30. The molecule has 4 N–H and O–H groups in total. The molecule has 0 bridgehead atoms. The summed E-state index contributed by atoms with van der Waals surface area (Å²) in [5, 5.41) is 3.88. The van der Waals surface area contributed by atoms with Crippen LogP contribution < -0.4 is 5.14 Å². The average Bonchev–Trinajstić information content (AvgIpc) is 1.12. The summed E-state index contributed by atoms with van der Waals surface area (Å²) in [6.07, 6.45) is 0. The standard InChI is InChI=1S/ClHO3S.H3NO3S/c2*1-5(2,3)4/h(H,2,3,4);(H3,1,2,3,4). The fourth-order valence-electron chi connectivity index (χ4n) is 0. The molecule has 7 nitrogen and oxygen atoms in total. The molecule has 0 fully saturated rings. The summed E-state index contributed by atoms with van der Waals surface area (Å²) in [5.74, 6) is 0. The Morgan fingerprint density at radius 3 is 1.10 bits per heavy atom. The van der Waals surface area contributed by atoms with Gasteiger partial charge in [0.15, 0.2) is 0 Å². The fraction of sp³-hybridized carbons (Fsp3) is 0. The summed E-state index contributed by atoms with van der Waals surface area (Å²) in [6, 6.07) is 0. The van der Waals surface area contributed by atoms with Gasteiger partial charge in [-0.15, -0.1) is 0 Å². The Balaban J connectivity index is 0. The van der Waals surface area contributed by atoms with E-state index in [1.54, 1.807) is 0 Å². The van der Waals surface area contributed by atoms with Crippen molar-refractivity contribution in [3.05, 3.63) is 0 Å². The van der Waals surface area contributed by atoms with Crippen molar-refractivity contribution in [1.82, 2.24) is 0 Å². The van der Waals surface area contributed by atoms with Gasteiger partial charge in [0.1, 0.15) is 0 Å². The molecule has 0 unspecified atom stereocenters. The first kappa shape index (κ1) is 12.7. The van der Waals surface area contributed by atoms with Gasteiger partial charge in [0.05, 0.1) is 0 Å². The van der Waals surface area contributed by atoms with Crippen LogP contribution in [0.3, 0.4) is 0 Å². The molecular formula is H4ClNO6S2. The molecule has 10 heavy (non-hydrogen) atoms. The summed E-state index contributed by atoms with van der Waals surface area (Å²) in [5.41, 5.74) is 0. The van der Waals surface area contributed by atoms with E-state index in [4.69, 9.17) is 25.9 Å². The molecule has 0 aromatic carbocycles. The third-order valence-electron chi connectivity index (χ3n) is 0. The molecule has 10 heteroatoms. The number of hydrogen-bond donors (Lipinski definition) is 3. The van der Waals surface area contributed by atoms with Crippen LogP contribution in [0.15, 0.2) is 0 Å². The predicted octanol–water partition coefficient (Wildman–Crippen LogP) is -1.22. The van der Waals surface area contributed by atoms with Gasteiger partial charge in [-0.25, -0.2) is 5.14 Å². The second-order valence-electron chi connectivity index (χ2n) is 0.927. The molecule has 0 spiro atoms. The second-order valence-corrected chi connectivity index (χ2v) is 3.95. The minimum atomic E-state index is -4.19. The molecule has 0 aliphatic rings. The van der Waals surface area contributed by atoms with E-state index in [1.807, 2.05) is 0 Å². The Morgan fingerprint density at radius 2 is 1.10 bits per heavy atom. The fourth-order valence-corrected chi connectivity index (χ4v) is 0. The zero-order valence-electron chi connectivity index (χ0n) is 4.30. The molecule has 0 rings (SSSR count). The highest BCUT2D eigenvalue weighted by atomic mass is 35.7. The topological polar surface area (TPSA) is 135 Å². The van der Waals surface area contributed by atoms with Crippen LogP contribution in [-0.4, -0.2) is 25.9 Å². The minimum absolute atomic E-state index is 3.88. The highest BCUT2D eigenvalue weighted by molar-refractivity contribution is 8.09. The monoisotopic (exact) mass is 213 g/mol. The van der Waals surface area contributed by atoms with Gasteiger partial charge in [0.2, 0.25) is 0 Å². The number of rotatable bonds is 0. The first-order chi connectivity index (χ1) is 4.00. The Morgan fingerprint density at radius 1 is 1.10 bits per heavy atom. The van der Waals surface area contributed by atoms with Crippen molar-refractivity contribution < 1.29 is 25.9 Å². The summed E-state index contributed by atoms with van der Waals surface area (Å²) in [4.78, 5) is 0. The van der Waals surface area contributed by atoms with Crippen LogP contribution in [0.5, 0.6) is 0 Å². The van der Waals surface area contributed by atoms with E-state index in [9.17, 15) is 0 Å². The lowest BCUT2D eigenvalue weighted by Gasteiger charge is -1.70. The molecule has 0 radical (unpaired) electrons. The molecule has 0 amide bonds. The van der Waals surface area contributed by atoms with Crippen LogP contribution in [0.4, 0.5) is 0 Å². The van der Waals surface area contributed by atoms with Crippen molar-refractivity contribution >= 4 is 30.3 Å². The van der Waals surface area contributed by atoms with Crippen molar-refractivity contribution in [2.45, 2.75) is 0 Å².